The van der Waals surface area contributed by atoms with Gasteiger partial charge in [0.2, 0.25) is 5.88 Å². The van der Waals surface area contributed by atoms with Crippen LogP contribution in [0.25, 0.3) is 11.3 Å². The van der Waals surface area contributed by atoms with Crippen molar-refractivity contribution in [2.75, 3.05) is 11.9 Å². The highest BCUT2D eigenvalue weighted by Crippen LogP contribution is 2.23. The van der Waals surface area contributed by atoms with Gasteiger partial charge in [0.25, 0.3) is 0 Å². The first-order valence-corrected chi connectivity index (χ1v) is 7.53. The van der Waals surface area contributed by atoms with Crippen LogP contribution in [0.3, 0.4) is 0 Å². The van der Waals surface area contributed by atoms with Crippen LogP contribution >= 0.6 is 0 Å². The maximum Gasteiger partial charge on any atom is 0.414 e. The van der Waals surface area contributed by atoms with E-state index in [1.54, 1.807) is 58.0 Å². The minimum atomic E-state index is -0.622. The average molecular weight is 332 g/mol. The molecule has 1 aromatic heterocycles. The van der Waals surface area contributed by atoms with Crippen molar-refractivity contribution in [1.29, 1.82) is 0 Å². The Bertz CT molecular complexity index is 713. The highest BCUT2D eigenvalue weighted by atomic mass is 16.6. The van der Waals surface area contributed by atoms with Crippen LogP contribution in [0.4, 0.5) is 10.7 Å². The summed E-state index contributed by atoms with van der Waals surface area (Å²) >= 11 is 0. The molecule has 0 spiro atoms. The summed E-state index contributed by atoms with van der Waals surface area (Å²) in [6, 6.07) is 8.30. The van der Waals surface area contributed by atoms with Crippen LogP contribution in [0, 0.1) is 0 Å². The van der Waals surface area contributed by atoms with Crippen LogP contribution in [0.5, 0.6) is 0 Å². The predicted octanol–water partition coefficient (Wildman–Crippen LogP) is 3.87. The lowest BCUT2D eigenvalue weighted by atomic mass is 10.1. The fourth-order valence-corrected chi connectivity index (χ4v) is 1.87. The van der Waals surface area contributed by atoms with Crippen LogP contribution in [-0.4, -0.2) is 29.4 Å². The summed E-state index contributed by atoms with van der Waals surface area (Å²) in [5.41, 5.74) is 1.12. The molecule has 24 heavy (non-hydrogen) atoms. The summed E-state index contributed by atoms with van der Waals surface area (Å²) in [7, 11) is 0. The van der Waals surface area contributed by atoms with Gasteiger partial charge < -0.3 is 14.0 Å². The number of amides is 1. The van der Waals surface area contributed by atoms with E-state index < -0.39 is 11.7 Å². The van der Waals surface area contributed by atoms with E-state index in [1.807, 2.05) is 0 Å². The quantitative estimate of drug-likeness (QED) is 0.855. The molecule has 1 heterocycles. The number of nitrogens with one attached hydrogen (secondary N) is 1. The maximum absolute atomic E-state index is 11.7. The summed E-state index contributed by atoms with van der Waals surface area (Å²) in [6.45, 7) is 7.38. The molecule has 128 valence electrons. The first kappa shape index (κ1) is 17.5. The lowest BCUT2D eigenvalue weighted by Gasteiger charge is -2.18. The minimum absolute atomic E-state index is 0.175. The number of rotatable bonds is 4. The molecule has 0 aliphatic carbocycles. The molecule has 0 radical (unpaired) electrons. The number of anilines is 1. The smallest absolute Gasteiger partial charge is 0.414 e. The molecule has 7 heteroatoms. The second-order valence-corrected chi connectivity index (χ2v) is 6.00. The Morgan fingerprint density at radius 3 is 2.46 bits per heavy atom. The number of benzene rings is 1. The second kappa shape index (κ2) is 7.16. The molecule has 7 nitrogen and oxygen atoms in total. The summed E-state index contributed by atoms with van der Waals surface area (Å²) in [4.78, 5) is 23.3. The summed E-state index contributed by atoms with van der Waals surface area (Å²) in [5, 5.41) is 6.36. The average Bonchev–Trinajstić information content (AvgIpc) is 2.94. The number of aromatic nitrogens is 1. The lowest BCUT2D eigenvalue weighted by Crippen LogP contribution is -2.27. The zero-order valence-corrected chi connectivity index (χ0v) is 14.1. The monoisotopic (exact) mass is 332 g/mol. The van der Waals surface area contributed by atoms with E-state index in [0.29, 0.717) is 17.9 Å². The van der Waals surface area contributed by atoms with Crippen LogP contribution < -0.4 is 5.32 Å². The standard InChI is InChI=1S/C17H20N2O5/c1-5-22-15(20)12-8-6-11(7-9-12)13-10-14(24-19-13)18-16(21)23-17(2,3)4/h6-10H,5H2,1-4H3,(H,18,21). The summed E-state index contributed by atoms with van der Waals surface area (Å²) in [6.07, 6.45) is -0.622. The van der Waals surface area contributed by atoms with E-state index in [1.165, 1.54) is 0 Å². The largest absolute Gasteiger partial charge is 0.462 e. The molecule has 1 aromatic carbocycles. The second-order valence-electron chi connectivity index (χ2n) is 6.00. The molecule has 0 saturated carbocycles. The SMILES string of the molecule is CCOC(=O)c1ccc(-c2cc(NC(=O)OC(C)(C)C)on2)cc1. The van der Waals surface area contributed by atoms with Gasteiger partial charge in [0.05, 0.1) is 12.2 Å². The van der Waals surface area contributed by atoms with E-state index in [4.69, 9.17) is 14.0 Å². The minimum Gasteiger partial charge on any atom is -0.462 e. The predicted molar refractivity (Wildman–Crippen MR) is 87.8 cm³/mol. The van der Waals surface area contributed by atoms with Gasteiger partial charge in [0, 0.05) is 11.6 Å². The number of esters is 1. The van der Waals surface area contributed by atoms with Crippen LogP contribution in [0.15, 0.2) is 34.9 Å². The van der Waals surface area contributed by atoms with Gasteiger partial charge in [-0.2, -0.15) is 0 Å². The number of hydrogen-bond acceptors (Lipinski definition) is 6. The number of carbonyl (C=O) groups is 2. The Morgan fingerprint density at radius 2 is 1.88 bits per heavy atom. The number of ether oxygens (including phenoxy) is 2. The molecule has 0 saturated heterocycles. The molecular formula is C17H20N2O5. The molecule has 0 unspecified atom stereocenters. The van der Waals surface area contributed by atoms with Crippen molar-refractivity contribution < 1.29 is 23.6 Å². The molecular weight excluding hydrogens is 312 g/mol. The Morgan fingerprint density at radius 1 is 1.21 bits per heavy atom. The molecule has 0 fully saturated rings. The Hall–Kier alpha value is -2.83. The van der Waals surface area contributed by atoms with Crippen molar-refractivity contribution in [3.05, 3.63) is 35.9 Å². The molecule has 0 atom stereocenters. The van der Waals surface area contributed by atoms with E-state index >= 15 is 0 Å². The highest BCUT2D eigenvalue weighted by Gasteiger charge is 2.18. The highest BCUT2D eigenvalue weighted by molar-refractivity contribution is 5.90. The van der Waals surface area contributed by atoms with Crippen LogP contribution in [0.2, 0.25) is 0 Å². The Kier molecular flexibility index (Phi) is 5.23. The van der Waals surface area contributed by atoms with Gasteiger partial charge in [0.15, 0.2) is 0 Å². The summed E-state index contributed by atoms with van der Waals surface area (Å²) < 4.78 is 15.1. The number of hydrogen-bond donors (Lipinski definition) is 1. The van der Waals surface area contributed by atoms with Crippen molar-refractivity contribution in [3.63, 3.8) is 0 Å². The van der Waals surface area contributed by atoms with Crippen molar-refractivity contribution in [1.82, 2.24) is 5.16 Å². The summed E-state index contributed by atoms with van der Waals surface area (Å²) in [5.74, 6) is -0.204. The number of carbonyl (C=O) groups excluding carboxylic acids is 2. The lowest BCUT2D eigenvalue weighted by molar-refractivity contribution is 0.0525. The molecule has 0 bridgehead atoms. The topological polar surface area (TPSA) is 90.7 Å². The molecule has 0 aliphatic rings. The van der Waals surface area contributed by atoms with E-state index in [9.17, 15) is 9.59 Å². The van der Waals surface area contributed by atoms with Gasteiger partial charge in [-0.1, -0.05) is 17.3 Å². The molecule has 1 amide bonds. The maximum atomic E-state index is 11.7. The van der Waals surface area contributed by atoms with Crippen molar-refractivity contribution >= 4 is 17.9 Å². The fraction of sp³-hybridized carbons (Fsp3) is 0.353. The zero-order valence-electron chi connectivity index (χ0n) is 14.1. The van der Waals surface area contributed by atoms with E-state index in [-0.39, 0.29) is 11.9 Å². The van der Waals surface area contributed by atoms with Gasteiger partial charge >= 0.3 is 12.1 Å². The fourth-order valence-electron chi connectivity index (χ4n) is 1.87. The number of nitrogens with zero attached hydrogens (tertiary/aromatic N) is 1. The normalized spacial score (nSPS) is 11.0. The molecule has 1 N–H and O–H groups in total. The van der Waals surface area contributed by atoms with Gasteiger partial charge in [-0.05, 0) is 39.8 Å². The van der Waals surface area contributed by atoms with Gasteiger partial charge in [-0.15, -0.1) is 0 Å². The van der Waals surface area contributed by atoms with Gasteiger partial charge in [-0.25, -0.2) is 9.59 Å². The van der Waals surface area contributed by atoms with Gasteiger partial charge in [-0.3, -0.25) is 5.32 Å². The first-order valence-electron chi connectivity index (χ1n) is 7.53. The van der Waals surface area contributed by atoms with Crippen LogP contribution in [-0.2, 0) is 9.47 Å². The van der Waals surface area contributed by atoms with Gasteiger partial charge in [0.1, 0.15) is 11.3 Å². The first-order chi connectivity index (χ1) is 11.3. The Labute approximate surface area is 139 Å². The van der Waals surface area contributed by atoms with E-state index in [0.717, 1.165) is 5.56 Å². The molecule has 0 aliphatic heterocycles. The third kappa shape index (κ3) is 4.84. The van der Waals surface area contributed by atoms with Crippen molar-refractivity contribution in [3.8, 4) is 11.3 Å². The zero-order chi connectivity index (χ0) is 17.7. The van der Waals surface area contributed by atoms with Crippen molar-refractivity contribution in [2.45, 2.75) is 33.3 Å². The molecule has 2 rings (SSSR count). The third-order valence-electron chi connectivity index (χ3n) is 2.83. The van der Waals surface area contributed by atoms with Crippen LogP contribution in [0.1, 0.15) is 38.1 Å². The van der Waals surface area contributed by atoms with Crippen molar-refractivity contribution in [2.24, 2.45) is 0 Å². The molecule has 2 aromatic rings. The van der Waals surface area contributed by atoms with E-state index in [2.05, 4.69) is 10.5 Å². The third-order valence-corrected chi connectivity index (χ3v) is 2.83. The Balaban J connectivity index is 2.05.